The van der Waals surface area contributed by atoms with Gasteiger partial charge in [0.25, 0.3) is 0 Å². The van der Waals surface area contributed by atoms with Gasteiger partial charge in [-0.2, -0.15) is 4.68 Å². The van der Waals surface area contributed by atoms with Crippen LogP contribution in [0.2, 0.25) is 0 Å². The zero-order valence-electron chi connectivity index (χ0n) is 7.48. The largest absolute Gasteiger partial charge is 0.366 e. The molecule has 5 nitrogen and oxygen atoms in total. The lowest BCUT2D eigenvalue weighted by Gasteiger charge is -2.05. The Labute approximate surface area is 79.3 Å². The van der Waals surface area contributed by atoms with Crippen LogP contribution in [0.3, 0.4) is 0 Å². The van der Waals surface area contributed by atoms with Gasteiger partial charge in [0.15, 0.2) is 0 Å². The van der Waals surface area contributed by atoms with Crippen molar-refractivity contribution in [1.29, 1.82) is 0 Å². The number of hydrogen-bond acceptors (Lipinski definition) is 4. The molecule has 72 valence electrons. The Morgan fingerprint density at radius 2 is 2.21 bits per heavy atom. The molecule has 0 unspecified atom stereocenters. The zero-order chi connectivity index (χ0) is 10.1. The average Bonchev–Trinajstić information content (AvgIpc) is 2.57. The molecule has 0 saturated heterocycles. The molecule has 0 aliphatic heterocycles. The van der Waals surface area contributed by atoms with Gasteiger partial charge in [0.1, 0.15) is 5.82 Å². The van der Waals surface area contributed by atoms with Crippen molar-refractivity contribution < 1.29 is 4.39 Å². The fourth-order valence-corrected chi connectivity index (χ4v) is 1.19. The minimum Gasteiger partial charge on any atom is -0.366 e. The van der Waals surface area contributed by atoms with E-state index in [1.807, 2.05) is 0 Å². The summed E-state index contributed by atoms with van der Waals surface area (Å²) >= 11 is 0. The first kappa shape index (κ1) is 8.61. The second kappa shape index (κ2) is 3.06. The normalized spacial score (nSPS) is 10.4. The third-order valence-electron chi connectivity index (χ3n) is 1.96. The molecule has 0 atom stereocenters. The van der Waals surface area contributed by atoms with Crippen molar-refractivity contribution in [2.24, 2.45) is 0 Å². The molecule has 1 heterocycles. The summed E-state index contributed by atoms with van der Waals surface area (Å²) in [6.45, 7) is 1.64. The van der Waals surface area contributed by atoms with Gasteiger partial charge < -0.3 is 5.73 Å². The molecule has 0 saturated carbocycles. The number of benzene rings is 1. The van der Waals surface area contributed by atoms with Crippen LogP contribution in [0.25, 0.3) is 5.69 Å². The summed E-state index contributed by atoms with van der Waals surface area (Å²) in [5.41, 5.74) is 6.51. The highest BCUT2D eigenvalue weighted by Gasteiger charge is 2.09. The van der Waals surface area contributed by atoms with Gasteiger partial charge in [-0.15, -0.1) is 0 Å². The number of nitrogen functional groups attached to an aromatic ring is 1. The van der Waals surface area contributed by atoms with Crippen LogP contribution in [0, 0.1) is 12.7 Å². The van der Waals surface area contributed by atoms with E-state index in [2.05, 4.69) is 15.5 Å². The number of hydrogen-bond donors (Lipinski definition) is 1. The van der Waals surface area contributed by atoms with Crippen LogP contribution in [-0.4, -0.2) is 20.2 Å². The molecule has 14 heavy (non-hydrogen) atoms. The number of nitrogens with two attached hydrogens (primary N) is 1. The quantitative estimate of drug-likeness (QED) is 0.723. The van der Waals surface area contributed by atoms with Crippen molar-refractivity contribution in [3.8, 4) is 5.69 Å². The van der Waals surface area contributed by atoms with Crippen molar-refractivity contribution in [2.75, 3.05) is 5.73 Å². The number of rotatable bonds is 1. The van der Waals surface area contributed by atoms with E-state index in [1.165, 1.54) is 10.7 Å². The van der Waals surface area contributed by atoms with Crippen LogP contribution >= 0.6 is 0 Å². The molecular formula is C8H8FN5. The van der Waals surface area contributed by atoms with E-state index in [0.29, 0.717) is 11.3 Å². The molecule has 2 N–H and O–H groups in total. The predicted molar refractivity (Wildman–Crippen MR) is 48.3 cm³/mol. The minimum atomic E-state index is -0.308. The van der Waals surface area contributed by atoms with Crippen molar-refractivity contribution >= 4 is 5.95 Å². The SMILES string of the molecule is Cc1c(F)cccc1-n1nnnc1N. The van der Waals surface area contributed by atoms with Crippen molar-refractivity contribution in [1.82, 2.24) is 20.2 Å². The topological polar surface area (TPSA) is 69.6 Å². The lowest BCUT2D eigenvalue weighted by atomic mass is 10.2. The van der Waals surface area contributed by atoms with Crippen molar-refractivity contribution in [3.63, 3.8) is 0 Å². The number of halogens is 1. The maximum absolute atomic E-state index is 13.2. The summed E-state index contributed by atoms with van der Waals surface area (Å²) in [5, 5.41) is 10.6. The Bertz CT molecular complexity index is 465. The van der Waals surface area contributed by atoms with Crippen LogP contribution < -0.4 is 5.73 Å². The molecule has 0 aliphatic rings. The molecule has 0 spiro atoms. The second-order valence-electron chi connectivity index (χ2n) is 2.83. The van der Waals surface area contributed by atoms with E-state index < -0.39 is 0 Å². The van der Waals surface area contributed by atoms with Gasteiger partial charge in [-0.1, -0.05) is 11.2 Å². The van der Waals surface area contributed by atoms with Crippen LogP contribution in [-0.2, 0) is 0 Å². The van der Waals surface area contributed by atoms with E-state index >= 15 is 0 Å². The first-order valence-electron chi connectivity index (χ1n) is 3.99. The Hall–Kier alpha value is -1.98. The van der Waals surface area contributed by atoms with Gasteiger partial charge in [-0.3, -0.25) is 0 Å². The summed E-state index contributed by atoms with van der Waals surface area (Å²) in [6, 6.07) is 4.66. The summed E-state index contributed by atoms with van der Waals surface area (Å²) < 4.78 is 14.5. The first-order chi connectivity index (χ1) is 6.70. The molecular weight excluding hydrogens is 185 g/mol. The van der Waals surface area contributed by atoms with Gasteiger partial charge in [-0.05, 0) is 29.5 Å². The lowest BCUT2D eigenvalue weighted by molar-refractivity contribution is 0.615. The summed E-state index contributed by atoms with van der Waals surface area (Å²) in [6.07, 6.45) is 0. The molecule has 0 fully saturated rings. The Kier molecular flexibility index (Phi) is 1.88. The van der Waals surface area contributed by atoms with Gasteiger partial charge in [-0.25, -0.2) is 4.39 Å². The maximum Gasteiger partial charge on any atom is 0.245 e. The van der Waals surface area contributed by atoms with Crippen molar-refractivity contribution in [2.45, 2.75) is 6.92 Å². The van der Waals surface area contributed by atoms with E-state index in [-0.39, 0.29) is 11.8 Å². The summed E-state index contributed by atoms with van der Waals surface area (Å²) in [5.74, 6) is -0.170. The van der Waals surface area contributed by atoms with Crippen LogP contribution in [0.5, 0.6) is 0 Å². The van der Waals surface area contributed by atoms with Crippen molar-refractivity contribution in [3.05, 3.63) is 29.6 Å². The molecule has 1 aromatic carbocycles. The molecule has 0 bridgehead atoms. The van der Waals surface area contributed by atoms with Crippen LogP contribution in [0.15, 0.2) is 18.2 Å². The Balaban J connectivity index is 2.63. The Morgan fingerprint density at radius 3 is 2.86 bits per heavy atom. The van der Waals surface area contributed by atoms with Crippen LogP contribution in [0.4, 0.5) is 10.3 Å². The zero-order valence-corrected chi connectivity index (χ0v) is 7.48. The fourth-order valence-electron chi connectivity index (χ4n) is 1.19. The highest BCUT2D eigenvalue weighted by molar-refractivity contribution is 5.43. The monoisotopic (exact) mass is 193 g/mol. The lowest BCUT2D eigenvalue weighted by Crippen LogP contribution is -2.05. The molecule has 6 heteroatoms. The predicted octanol–water partition coefficient (Wildman–Crippen LogP) is 0.692. The van der Waals surface area contributed by atoms with Crippen LogP contribution in [0.1, 0.15) is 5.56 Å². The van der Waals surface area contributed by atoms with Gasteiger partial charge in [0, 0.05) is 5.56 Å². The fraction of sp³-hybridized carbons (Fsp3) is 0.125. The first-order valence-corrected chi connectivity index (χ1v) is 3.99. The molecule has 1 aromatic heterocycles. The van der Waals surface area contributed by atoms with E-state index in [0.717, 1.165) is 0 Å². The van der Waals surface area contributed by atoms with Gasteiger partial charge in [0.05, 0.1) is 5.69 Å². The average molecular weight is 193 g/mol. The number of tetrazole rings is 1. The second-order valence-corrected chi connectivity index (χ2v) is 2.83. The molecule has 0 aliphatic carbocycles. The van der Waals surface area contributed by atoms with Gasteiger partial charge in [0.2, 0.25) is 5.95 Å². The smallest absolute Gasteiger partial charge is 0.245 e. The Morgan fingerprint density at radius 1 is 1.43 bits per heavy atom. The summed E-state index contributed by atoms with van der Waals surface area (Å²) in [7, 11) is 0. The third kappa shape index (κ3) is 1.20. The summed E-state index contributed by atoms with van der Waals surface area (Å²) in [4.78, 5) is 0. The van der Waals surface area contributed by atoms with E-state index in [9.17, 15) is 4.39 Å². The number of aromatic nitrogens is 4. The molecule has 0 amide bonds. The van der Waals surface area contributed by atoms with E-state index in [4.69, 9.17) is 5.73 Å². The standard InChI is InChI=1S/C8H8FN5/c1-5-6(9)3-2-4-7(5)14-8(10)11-12-13-14/h2-4H,1H3,(H2,10,11,13). The van der Waals surface area contributed by atoms with Gasteiger partial charge >= 0.3 is 0 Å². The third-order valence-corrected chi connectivity index (χ3v) is 1.96. The molecule has 0 radical (unpaired) electrons. The maximum atomic E-state index is 13.2. The molecule has 2 aromatic rings. The molecule has 2 rings (SSSR count). The number of nitrogens with zero attached hydrogens (tertiary/aromatic N) is 4. The highest BCUT2D eigenvalue weighted by Crippen LogP contribution is 2.16. The highest BCUT2D eigenvalue weighted by atomic mass is 19.1. The minimum absolute atomic E-state index is 0.138. The number of anilines is 1. The van der Waals surface area contributed by atoms with E-state index in [1.54, 1.807) is 19.1 Å².